The molecule has 2 aromatic rings. The maximum Gasteiger partial charge on any atom is 0.129 e. The first-order valence-corrected chi connectivity index (χ1v) is 5.74. The van der Waals surface area contributed by atoms with E-state index in [1.165, 1.54) is 0 Å². The van der Waals surface area contributed by atoms with Crippen LogP contribution in [-0.4, -0.2) is 14.7 Å². The molecule has 2 rings (SSSR count). The van der Waals surface area contributed by atoms with Crippen LogP contribution in [0.1, 0.15) is 24.4 Å². The summed E-state index contributed by atoms with van der Waals surface area (Å²) in [5.74, 6) is -0.531. The van der Waals surface area contributed by atoms with E-state index in [1.54, 1.807) is 12.4 Å². The molecule has 0 aliphatic carbocycles. The van der Waals surface area contributed by atoms with Crippen LogP contribution in [0.5, 0.6) is 0 Å². The number of aliphatic hydroxyl groups is 1. The third-order valence-corrected chi connectivity index (χ3v) is 2.84. The number of imidazole rings is 1. The zero-order chi connectivity index (χ0) is 13.1. The van der Waals surface area contributed by atoms with Crippen molar-refractivity contribution in [2.24, 2.45) is 0 Å². The van der Waals surface area contributed by atoms with Gasteiger partial charge in [-0.1, -0.05) is 0 Å². The molecule has 96 valence electrons. The molecule has 0 aliphatic heterocycles. The molecule has 5 heteroatoms. The molecule has 0 saturated heterocycles. The van der Waals surface area contributed by atoms with Crippen LogP contribution in [0.3, 0.4) is 0 Å². The lowest BCUT2D eigenvalue weighted by Gasteiger charge is -2.12. The fourth-order valence-electron chi connectivity index (χ4n) is 1.87. The largest absolute Gasteiger partial charge is 0.388 e. The molecule has 1 unspecified atom stereocenters. The van der Waals surface area contributed by atoms with Crippen molar-refractivity contribution in [3.63, 3.8) is 0 Å². The van der Waals surface area contributed by atoms with Crippen LogP contribution in [0.25, 0.3) is 0 Å². The van der Waals surface area contributed by atoms with Gasteiger partial charge >= 0.3 is 0 Å². The summed E-state index contributed by atoms with van der Waals surface area (Å²) in [6.07, 6.45) is 2.45. The molecular formula is C13H14F2N2O. The minimum Gasteiger partial charge on any atom is -0.388 e. The number of aryl methyl sites for hydroxylation is 1. The monoisotopic (exact) mass is 252 g/mol. The second kappa shape index (κ2) is 5.27. The summed E-state index contributed by atoms with van der Waals surface area (Å²) in [5, 5.41) is 9.96. The Labute approximate surface area is 104 Å². The van der Waals surface area contributed by atoms with E-state index in [-0.39, 0.29) is 12.0 Å². The molecule has 1 N–H and O–H groups in total. The van der Waals surface area contributed by atoms with Gasteiger partial charge in [0.05, 0.1) is 6.10 Å². The maximum atomic E-state index is 13.5. The Morgan fingerprint density at radius 3 is 2.89 bits per heavy atom. The summed E-state index contributed by atoms with van der Waals surface area (Å²) in [5.41, 5.74) is -0.0411. The van der Waals surface area contributed by atoms with Gasteiger partial charge in [0.15, 0.2) is 0 Å². The van der Waals surface area contributed by atoms with E-state index in [9.17, 15) is 13.9 Å². The minimum atomic E-state index is -1.10. The van der Waals surface area contributed by atoms with Crippen molar-refractivity contribution in [2.75, 3.05) is 0 Å². The quantitative estimate of drug-likeness (QED) is 0.907. The molecule has 1 aromatic heterocycles. The standard InChI is InChI=1S/C13H14F2N2O/c1-2-17-6-5-16-13(17)8-12(18)10-7-9(14)3-4-11(10)15/h3-7,12,18H,2,8H2,1H3. The first-order valence-electron chi connectivity index (χ1n) is 5.74. The van der Waals surface area contributed by atoms with Crippen molar-refractivity contribution >= 4 is 0 Å². The van der Waals surface area contributed by atoms with E-state index >= 15 is 0 Å². The Morgan fingerprint density at radius 1 is 1.39 bits per heavy atom. The van der Waals surface area contributed by atoms with E-state index in [0.29, 0.717) is 12.4 Å². The summed E-state index contributed by atoms with van der Waals surface area (Å²) in [6.45, 7) is 2.66. The van der Waals surface area contributed by atoms with Crippen LogP contribution < -0.4 is 0 Å². The smallest absolute Gasteiger partial charge is 0.129 e. The average molecular weight is 252 g/mol. The zero-order valence-electron chi connectivity index (χ0n) is 9.98. The molecule has 0 saturated carbocycles. The predicted octanol–water partition coefficient (Wildman–Crippen LogP) is 2.46. The molecule has 0 amide bonds. The normalized spacial score (nSPS) is 12.7. The molecule has 18 heavy (non-hydrogen) atoms. The Balaban J connectivity index is 2.21. The van der Waals surface area contributed by atoms with E-state index in [1.807, 2.05) is 11.5 Å². The van der Waals surface area contributed by atoms with E-state index in [2.05, 4.69) is 4.98 Å². The number of benzene rings is 1. The summed E-state index contributed by atoms with van der Waals surface area (Å²) >= 11 is 0. The lowest BCUT2D eigenvalue weighted by atomic mass is 10.1. The number of halogens is 2. The van der Waals surface area contributed by atoms with Gasteiger partial charge in [-0.3, -0.25) is 0 Å². The number of hydrogen-bond acceptors (Lipinski definition) is 2. The van der Waals surface area contributed by atoms with Crippen molar-refractivity contribution in [2.45, 2.75) is 26.0 Å². The van der Waals surface area contributed by atoms with Crippen LogP contribution >= 0.6 is 0 Å². The van der Waals surface area contributed by atoms with Gasteiger partial charge in [0.2, 0.25) is 0 Å². The second-order valence-electron chi connectivity index (χ2n) is 4.02. The zero-order valence-corrected chi connectivity index (χ0v) is 9.98. The topological polar surface area (TPSA) is 38.0 Å². The third kappa shape index (κ3) is 2.56. The highest BCUT2D eigenvalue weighted by atomic mass is 19.1. The highest BCUT2D eigenvalue weighted by molar-refractivity contribution is 5.22. The molecule has 1 heterocycles. The van der Waals surface area contributed by atoms with Crippen LogP contribution in [0.4, 0.5) is 8.78 Å². The van der Waals surface area contributed by atoms with Crippen molar-refractivity contribution in [3.05, 3.63) is 53.6 Å². The Kier molecular flexibility index (Phi) is 3.72. The van der Waals surface area contributed by atoms with Gasteiger partial charge in [-0.05, 0) is 25.1 Å². The Hall–Kier alpha value is -1.75. The Morgan fingerprint density at radius 2 is 2.17 bits per heavy atom. The molecule has 1 aromatic carbocycles. The van der Waals surface area contributed by atoms with Crippen LogP contribution in [0.2, 0.25) is 0 Å². The summed E-state index contributed by atoms with van der Waals surface area (Å²) in [4.78, 5) is 4.09. The van der Waals surface area contributed by atoms with Crippen LogP contribution in [0, 0.1) is 11.6 Å². The van der Waals surface area contributed by atoms with Crippen molar-refractivity contribution in [1.82, 2.24) is 9.55 Å². The van der Waals surface area contributed by atoms with E-state index < -0.39 is 17.7 Å². The van der Waals surface area contributed by atoms with Gasteiger partial charge in [-0.25, -0.2) is 13.8 Å². The van der Waals surface area contributed by atoms with Crippen molar-refractivity contribution in [3.8, 4) is 0 Å². The summed E-state index contributed by atoms with van der Waals surface area (Å²) < 4.78 is 28.4. The third-order valence-electron chi connectivity index (χ3n) is 2.84. The van der Waals surface area contributed by atoms with Crippen molar-refractivity contribution in [1.29, 1.82) is 0 Å². The van der Waals surface area contributed by atoms with Gasteiger partial charge in [-0.15, -0.1) is 0 Å². The van der Waals surface area contributed by atoms with E-state index in [0.717, 1.165) is 18.2 Å². The average Bonchev–Trinajstić information content (AvgIpc) is 2.79. The predicted molar refractivity (Wildman–Crippen MR) is 62.9 cm³/mol. The lowest BCUT2D eigenvalue weighted by Crippen LogP contribution is -2.10. The first-order chi connectivity index (χ1) is 8.61. The number of rotatable bonds is 4. The van der Waals surface area contributed by atoms with Crippen molar-refractivity contribution < 1.29 is 13.9 Å². The number of aromatic nitrogens is 2. The number of aliphatic hydroxyl groups excluding tert-OH is 1. The van der Waals surface area contributed by atoms with E-state index in [4.69, 9.17) is 0 Å². The SMILES string of the molecule is CCn1ccnc1CC(O)c1cc(F)ccc1F. The van der Waals surface area contributed by atoms with Gasteiger partial charge < -0.3 is 9.67 Å². The number of nitrogens with zero attached hydrogens (tertiary/aromatic N) is 2. The molecule has 0 spiro atoms. The Bertz CT molecular complexity index is 540. The van der Waals surface area contributed by atoms with Gasteiger partial charge in [0.25, 0.3) is 0 Å². The highest BCUT2D eigenvalue weighted by Gasteiger charge is 2.16. The fraction of sp³-hybridized carbons (Fsp3) is 0.308. The molecule has 0 bridgehead atoms. The molecule has 3 nitrogen and oxygen atoms in total. The summed E-state index contributed by atoms with van der Waals surface area (Å²) in [6, 6.07) is 3.05. The molecule has 0 aliphatic rings. The first kappa shape index (κ1) is 12.7. The highest BCUT2D eigenvalue weighted by Crippen LogP contribution is 2.21. The second-order valence-corrected chi connectivity index (χ2v) is 4.02. The van der Waals surface area contributed by atoms with Crippen LogP contribution in [0.15, 0.2) is 30.6 Å². The molecular weight excluding hydrogens is 238 g/mol. The van der Waals surface area contributed by atoms with Gasteiger partial charge in [0, 0.05) is 30.9 Å². The fourth-order valence-corrected chi connectivity index (χ4v) is 1.87. The van der Waals surface area contributed by atoms with Gasteiger partial charge in [0.1, 0.15) is 17.5 Å². The van der Waals surface area contributed by atoms with Gasteiger partial charge in [-0.2, -0.15) is 0 Å². The lowest BCUT2D eigenvalue weighted by molar-refractivity contribution is 0.169. The summed E-state index contributed by atoms with van der Waals surface area (Å²) in [7, 11) is 0. The molecule has 0 radical (unpaired) electrons. The molecule has 0 fully saturated rings. The maximum absolute atomic E-state index is 13.5. The van der Waals surface area contributed by atoms with Crippen LogP contribution in [-0.2, 0) is 13.0 Å². The molecule has 1 atom stereocenters. The minimum absolute atomic E-state index is 0.0411. The number of hydrogen-bond donors (Lipinski definition) is 1.